The topological polar surface area (TPSA) is 70.0 Å². The van der Waals surface area contributed by atoms with Crippen LogP contribution in [0.2, 0.25) is 10.0 Å². The summed E-state index contributed by atoms with van der Waals surface area (Å²) in [5, 5.41) is 12.9. The van der Waals surface area contributed by atoms with E-state index >= 15 is 0 Å². The quantitative estimate of drug-likeness (QED) is 0.818. The zero-order valence-electron chi connectivity index (χ0n) is 12.6. The molecular formula is C18H14Cl2N2O2. The Morgan fingerprint density at radius 1 is 1.04 bits per heavy atom. The number of halogens is 2. The van der Waals surface area contributed by atoms with Crippen LogP contribution in [0.3, 0.4) is 0 Å². The van der Waals surface area contributed by atoms with Crippen molar-refractivity contribution in [2.24, 2.45) is 0 Å². The van der Waals surface area contributed by atoms with Gasteiger partial charge in [0.1, 0.15) is 5.92 Å². The molecule has 0 bridgehead atoms. The Balaban J connectivity index is 1.92. The highest BCUT2D eigenvalue weighted by molar-refractivity contribution is 6.31. The lowest BCUT2D eigenvalue weighted by Gasteiger charge is -2.09. The zero-order chi connectivity index (χ0) is 17.5. The molecule has 2 aromatic rings. The number of carbonyl (C=O) groups is 2. The van der Waals surface area contributed by atoms with Crippen molar-refractivity contribution in [3.63, 3.8) is 0 Å². The third-order valence-electron chi connectivity index (χ3n) is 3.36. The molecule has 6 heteroatoms. The van der Waals surface area contributed by atoms with Gasteiger partial charge < -0.3 is 5.32 Å². The minimum Gasteiger partial charge on any atom is -0.326 e. The highest BCUT2D eigenvalue weighted by atomic mass is 35.5. The standard InChI is InChI=1S/C18H14Cl2N2O2/c19-13-6-4-12(5-7-13)16(11-21)17(23)8-9-18(24)22-15-3-1-2-14(20)10-15/h1-7,10,16H,8-9H2,(H,22,24)/t16-/m1/s1. The molecule has 0 aromatic heterocycles. The fourth-order valence-electron chi connectivity index (χ4n) is 2.16. The maximum Gasteiger partial charge on any atom is 0.224 e. The maximum absolute atomic E-state index is 12.2. The van der Waals surface area contributed by atoms with Crippen molar-refractivity contribution in [2.75, 3.05) is 5.32 Å². The number of carbonyl (C=O) groups excluding carboxylic acids is 2. The Hall–Kier alpha value is -2.35. The van der Waals surface area contributed by atoms with Crippen molar-refractivity contribution in [1.29, 1.82) is 5.26 Å². The van der Waals surface area contributed by atoms with Crippen molar-refractivity contribution in [3.05, 3.63) is 64.1 Å². The third-order valence-corrected chi connectivity index (χ3v) is 3.85. The number of hydrogen-bond donors (Lipinski definition) is 1. The van der Waals surface area contributed by atoms with E-state index in [2.05, 4.69) is 5.32 Å². The lowest BCUT2D eigenvalue weighted by Crippen LogP contribution is -2.16. The molecule has 0 aliphatic heterocycles. The van der Waals surface area contributed by atoms with E-state index in [1.807, 2.05) is 6.07 Å². The van der Waals surface area contributed by atoms with Gasteiger partial charge in [-0.1, -0.05) is 41.4 Å². The number of ketones is 1. The lowest BCUT2D eigenvalue weighted by molar-refractivity contribution is -0.123. The van der Waals surface area contributed by atoms with Crippen LogP contribution < -0.4 is 5.32 Å². The molecular weight excluding hydrogens is 347 g/mol. The highest BCUT2D eigenvalue weighted by Gasteiger charge is 2.20. The molecule has 0 saturated heterocycles. The predicted molar refractivity (Wildman–Crippen MR) is 94.1 cm³/mol. The van der Waals surface area contributed by atoms with Gasteiger partial charge in [-0.05, 0) is 35.9 Å². The number of rotatable bonds is 6. The lowest BCUT2D eigenvalue weighted by atomic mass is 9.93. The van der Waals surface area contributed by atoms with E-state index in [1.54, 1.807) is 48.5 Å². The van der Waals surface area contributed by atoms with Crippen molar-refractivity contribution in [2.45, 2.75) is 18.8 Å². The molecule has 2 rings (SSSR count). The molecule has 0 spiro atoms. The Morgan fingerprint density at radius 2 is 1.75 bits per heavy atom. The molecule has 0 saturated carbocycles. The van der Waals surface area contributed by atoms with Crippen LogP contribution in [-0.4, -0.2) is 11.7 Å². The monoisotopic (exact) mass is 360 g/mol. The first kappa shape index (κ1) is 18.0. The summed E-state index contributed by atoms with van der Waals surface area (Å²) in [7, 11) is 0. The first-order valence-corrected chi connectivity index (χ1v) is 7.98. The summed E-state index contributed by atoms with van der Waals surface area (Å²) < 4.78 is 0. The molecule has 0 aliphatic carbocycles. The van der Waals surface area contributed by atoms with Gasteiger partial charge in [-0.3, -0.25) is 9.59 Å². The predicted octanol–water partition coefficient (Wildman–Crippen LogP) is 4.59. The normalized spacial score (nSPS) is 11.4. The summed E-state index contributed by atoms with van der Waals surface area (Å²) in [5.41, 5.74) is 1.14. The molecule has 0 aliphatic rings. The number of nitrogens with one attached hydrogen (secondary N) is 1. The number of hydrogen-bond acceptors (Lipinski definition) is 3. The molecule has 0 radical (unpaired) electrons. The van der Waals surface area contributed by atoms with Gasteiger partial charge in [0.05, 0.1) is 6.07 Å². The van der Waals surface area contributed by atoms with Crippen LogP contribution in [0.4, 0.5) is 5.69 Å². The second-order valence-corrected chi connectivity index (χ2v) is 6.01. The summed E-state index contributed by atoms with van der Waals surface area (Å²) in [4.78, 5) is 24.1. The van der Waals surface area contributed by atoms with E-state index in [0.717, 1.165) is 0 Å². The van der Waals surface area contributed by atoms with Gasteiger partial charge in [0, 0.05) is 28.6 Å². The van der Waals surface area contributed by atoms with Gasteiger partial charge in [-0.2, -0.15) is 5.26 Å². The average molecular weight is 361 g/mol. The van der Waals surface area contributed by atoms with E-state index in [0.29, 0.717) is 21.3 Å². The SMILES string of the molecule is N#C[C@@H](C(=O)CCC(=O)Nc1cccc(Cl)c1)c1ccc(Cl)cc1. The molecule has 122 valence electrons. The largest absolute Gasteiger partial charge is 0.326 e. The number of nitriles is 1. The Labute approximate surface area is 150 Å². The molecule has 0 fully saturated rings. The van der Waals surface area contributed by atoms with E-state index in [9.17, 15) is 14.9 Å². The molecule has 0 unspecified atom stereocenters. The van der Waals surface area contributed by atoms with Gasteiger partial charge in [0.2, 0.25) is 5.91 Å². The van der Waals surface area contributed by atoms with Crippen LogP contribution >= 0.6 is 23.2 Å². The van der Waals surface area contributed by atoms with Crippen LogP contribution in [0.25, 0.3) is 0 Å². The molecule has 24 heavy (non-hydrogen) atoms. The van der Waals surface area contributed by atoms with Crippen LogP contribution in [0.15, 0.2) is 48.5 Å². The van der Waals surface area contributed by atoms with E-state index in [-0.39, 0.29) is 24.5 Å². The van der Waals surface area contributed by atoms with E-state index in [1.165, 1.54) is 0 Å². The number of nitrogens with zero attached hydrogens (tertiary/aromatic N) is 1. The van der Waals surface area contributed by atoms with Crippen molar-refractivity contribution >= 4 is 40.6 Å². The van der Waals surface area contributed by atoms with Gasteiger partial charge >= 0.3 is 0 Å². The van der Waals surface area contributed by atoms with Gasteiger partial charge in [0.25, 0.3) is 0 Å². The fraction of sp³-hybridized carbons (Fsp3) is 0.167. The summed E-state index contributed by atoms with van der Waals surface area (Å²) in [5.74, 6) is -1.51. The van der Waals surface area contributed by atoms with E-state index < -0.39 is 5.92 Å². The molecule has 1 atom stereocenters. The van der Waals surface area contributed by atoms with Crippen LogP contribution in [0.5, 0.6) is 0 Å². The molecule has 0 heterocycles. The summed E-state index contributed by atoms with van der Waals surface area (Å²) in [6.07, 6.45) is -0.0234. The minimum absolute atomic E-state index is 0.00286. The maximum atomic E-state index is 12.2. The number of amides is 1. The summed E-state index contributed by atoms with van der Waals surface area (Å²) in [6, 6.07) is 15.2. The summed E-state index contributed by atoms with van der Waals surface area (Å²) in [6.45, 7) is 0. The number of Topliss-reactive ketones (excluding diaryl/α,β-unsaturated/α-hetero) is 1. The number of benzene rings is 2. The zero-order valence-corrected chi connectivity index (χ0v) is 14.1. The first-order chi connectivity index (χ1) is 11.5. The average Bonchev–Trinajstić information content (AvgIpc) is 2.55. The molecule has 1 amide bonds. The van der Waals surface area contributed by atoms with Crippen molar-refractivity contribution < 1.29 is 9.59 Å². The summed E-state index contributed by atoms with van der Waals surface area (Å²) >= 11 is 11.6. The molecule has 2 aromatic carbocycles. The Kier molecular flexibility index (Phi) is 6.36. The second kappa shape index (κ2) is 8.49. The van der Waals surface area contributed by atoms with Crippen molar-refractivity contribution in [1.82, 2.24) is 0 Å². The second-order valence-electron chi connectivity index (χ2n) is 5.14. The van der Waals surface area contributed by atoms with Gasteiger partial charge in [-0.15, -0.1) is 0 Å². The van der Waals surface area contributed by atoms with Crippen LogP contribution in [0, 0.1) is 11.3 Å². The molecule has 1 N–H and O–H groups in total. The van der Waals surface area contributed by atoms with Gasteiger partial charge in [-0.25, -0.2) is 0 Å². The van der Waals surface area contributed by atoms with Crippen molar-refractivity contribution in [3.8, 4) is 6.07 Å². The first-order valence-electron chi connectivity index (χ1n) is 7.23. The van der Waals surface area contributed by atoms with Gasteiger partial charge in [0.15, 0.2) is 5.78 Å². The highest BCUT2D eigenvalue weighted by Crippen LogP contribution is 2.21. The molecule has 4 nitrogen and oxygen atoms in total. The smallest absolute Gasteiger partial charge is 0.224 e. The minimum atomic E-state index is -0.902. The number of anilines is 1. The Morgan fingerprint density at radius 3 is 2.38 bits per heavy atom. The van der Waals surface area contributed by atoms with E-state index in [4.69, 9.17) is 23.2 Å². The third kappa shape index (κ3) is 5.09. The fourth-order valence-corrected chi connectivity index (χ4v) is 2.47. The van der Waals surface area contributed by atoms with Crippen LogP contribution in [0.1, 0.15) is 24.3 Å². The Bertz CT molecular complexity index is 782. The van der Waals surface area contributed by atoms with Crippen LogP contribution in [-0.2, 0) is 9.59 Å².